The molecule has 10 heteroatoms. The van der Waals surface area contributed by atoms with Gasteiger partial charge < -0.3 is 9.64 Å². The van der Waals surface area contributed by atoms with E-state index in [1.54, 1.807) is 7.11 Å². The third kappa shape index (κ3) is 5.17. The lowest BCUT2D eigenvalue weighted by Gasteiger charge is -2.28. The Bertz CT molecular complexity index is 1650. The molecular weight excluding hydrogens is 550 g/mol. The Balaban J connectivity index is 1.25. The van der Waals surface area contributed by atoms with Gasteiger partial charge in [-0.2, -0.15) is 0 Å². The van der Waals surface area contributed by atoms with Crippen LogP contribution in [0.5, 0.6) is 5.75 Å². The van der Waals surface area contributed by atoms with Gasteiger partial charge in [-0.15, -0.1) is 21.5 Å². The fraction of sp³-hybridized carbons (Fsp3) is 0.172. The van der Waals surface area contributed by atoms with Gasteiger partial charge in [-0.3, -0.25) is 9.36 Å². The Morgan fingerprint density at radius 3 is 2.64 bits per heavy atom. The van der Waals surface area contributed by atoms with Crippen LogP contribution in [-0.2, 0) is 18.7 Å². The van der Waals surface area contributed by atoms with Crippen molar-refractivity contribution in [1.82, 2.24) is 24.6 Å². The van der Waals surface area contributed by atoms with Gasteiger partial charge in [0.25, 0.3) is 5.91 Å². The van der Waals surface area contributed by atoms with E-state index in [1.807, 2.05) is 75.5 Å². The van der Waals surface area contributed by atoms with E-state index >= 15 is 0 Å². The quantitative estimate of drug-likeness (QED) is 0.206. The molecule has 7 nitrogen and oxygen atoms in total. The standard InChI is InChI=1S/C29H24ClN5O2S2/c1-37-25-13-7-6-12-24(25)35-27(21-10-4-5-11-22(21)30)32-33-29(35)39-18-26-31-23(17-38-26)28(36)34-15-14-19-8-2-3-9-20(19)16-34/h2-13,17H,14-16,18H2,1H3. The first-order chi connectivity index (χ1) is 19.1. The summed E-state index contributed by atoms with van der Waals surface area (Å²) < 4.78 is 7.60. The van der Waals surface area contributed by atoms with Gasteiger partial charge in [0.05, 0.1) is 23.6 Å². The van der Waals surface area contributed by atoms with Gasteiger partial charge in [0.2, 0.25) is 0 Å². The van der Waals surface area contributed by atoms with Gasteiger partial charge in [-0.25, -0.2) is 4.98 Å². The van der Waals surface area contributed by atoms with Crippen molar-refractivity contribution in [3.8, 4) is 22.8 Å². The second-order valence-corrected chi connectivity index (χ2v) is 11.2. The van der Waals surface area contributed by atoms with E-state index in [0.717, 1.165) is 22.7 Å². The van der Waals surface area contributed by atoms with Crippen molar-refractivity contribution in [3.63, 3.8) is 0 Å². The molecule has 0 bridgehead atoms. The fourth-order valence-electron chi connectivity index (χ4n) is 4.64. The minimum atomic E-state index is -0.0322. The van der Waals surface area contributed by atoms with E-state index < -0.39 is 0 Å². The Morgan fingerprint density at radius 2 is 1.79 bits per heavy atom. The number of rotatable bonds is 7. The first-order valence-corrected chi connectivity index (χ1v) is 14.6. The maximum Gasteiger partial charge on any atom is 0.273 e. The summed E-state index contributed by atoms with van der Waals surface area (Å²) in [5, 5.41) is 12.9. The number of nitrogens with zero attached hydrogens (tertiary/aromatic N) is 5. The Labute approximate surface area is 239 Å². The van der Waals surface area contributed by atoms with Crippen LogP contribution in [0.25, 0.3) is 17.1 Å². The van der Waals surface area contributed by atoms with Crippen molar-refractivity contribution in [2.45, 2.75) is 23.9 Å². The number of methoxy groups -OCH3 is 1. The van der Waals surface area contributed by atoms with Crippen LogP contribution in [0.2, 0.25) is 5.02 Å². The summed E-state index contributed by atoms with van der Waals surface area (Å²) in [6.07, 6.45) is 0.862. The van der Waals surface area contributed by atoms with Gasteiger partial charge in [-0.1, -0.05) is 71.9 Å². The number of carbonyl (C=O) groups excluding carboxylic acids is 1. The summed E-state index contributed by atoms with van der Waals surface area (Å²) in [7, 11) is 1.64. The number of amides is 1. The summed E-state index contributed by atoms with van der Waals surface area (Å²) in [5.74, 6) is 1.82. The van der Waals surface area contributed by atoms with Crippen LogP contribution in [-0.4, -0.2) is 44.2 Å². The lowest BCUT2D eigenvalue weighted by molar-refractivity contribution is 0.0729. The Kier molecular flexibility index (Phi) is 7.36. The van der Waals surface area contributed by atoms with Crippen LogP contribution in [0.3, 0.4) is 0 Å². The molecule has 6 rings (SSSR count). The summed E-state index contributed by atoms with van der Waals surface area (Å²) in [4.78, 5) is 19.8. The molecule has 0 fully saturated rings. The van der Waals surface area contributed by atoms with Gasteiger partial charge in [-0.05, 0) is 41.8 Å². The van der Waals surface area contributed by atoms with Crippen molar-refractivity contribution in [2.24, 2.45) is 0 Å². The molecule has 0 unspecified atom stereocenters. The number of carbonyl (C=O) groups is 1. The number of halogens is 1. The maximum absolute atomic E-state index is 13.2. The minimum absolute atomic E-state index is 0.0322. The number of hydrogen-bond donors (Lipinski definition) is 0. The highest BCUT2D eigenvalue weighted by atomic mass is 35.5. The number of thioether (sulfide) groups is 1. The summed E-state index contributed by atoms with van der Waals surface area (Å²) >= 11 is 9.51. The molecule has 0 atom stereocenters. The molecule has 0 spiro atoms. The molecule has 0 radical (unpaired) electrons. The van der Waals surface area contributed by atoms with Crippen LogP contribution in [0.15, 0.2) is 83.3 Å². The molecule has 3 aromatic carbocycles. The molecule has 1 aliphatic rings. The lowest BCUT2D eigenvalue weighted by atomic mass is 10.00. The van der Waals surface area contributed by atoms with Crippen LogP contribution < -0.4 is 4.74 Å². The molecule has 0 saturated carbocycles. The molecule has 196 valence electrons. The number of thiazole rings is 1. The predicted octanol–water partition coefficient (Wildman–Crippen LogP) is 6.54. The van der Waals surface area contributed by atoms with E-state index in [-0.39, 0.29) is 5.91 Å². The third-order valence-corrected chi connectivity index (χ3v) is 8.89. The molecule has 39 heavy (non-hydrogen) atoms. The zero-order valence-electron chi connectivity index (χ0n) is 21.1. The van der Waals surface area contributed by atoms with Crippen LogP contribution in [0.4, 0.5) is 0 Å². The van der Waals surface area contributed by atoms with Crippen molar-refractivity contribution in [1.29, 1.82) is 0 Å². The normalized spacial score (nSPS) is 12.8. The van der Waals surface area contributed by atoms with Crippen molar-refractivity contribution >= 4 is 40.6 Å². The number of aromatic nitrogens is 4. The summed E-state index contributed by atoms with van der Waals surface area (Å²) in [5.41, 5.74) is 4.58. The molecule has 3 heterocycles. The van der Waals surface area contributed by atoms with E-state index in [9.17, 15) is 4.79 Å². The predicted molar refractivity (Wildman–Crippen MR) is 155 cm³/mol. The Hall–Kier alpha value is -3.66. The third-order valence-electron chi connectivity index (χ3n) is 6.59. The second kappa shape index (κ2) is 11.2. The highest BCUT2D eigenvalue weighted by Crippen LogP contribution is 2.36. The van der Waals surface area contributed by atoms with Crippen molar-refractivity contribution < 1.29 is 9.53 Å². The zero-order chi connectivity index (χ0) is 26.8. The topological polar surface area (TPSA) is 73.1 Å². The first kappa shape index (κ1) is 25.6. The average Bonchev–Trinajstić information content (AvgIpc) is 3.63. The monoisotopic (exact) mass is 573 g/mol. The van der Waals surface area contributed by atoms with Crippen molar-refractivity contribution in [2.75, 3.05) is 13.7 Å². The van der Waals surface area contributed by atoms with Gasteiger partial charge in [0.15, 0.2) is 11.0 Å². The number of fused-ring (bicyclic) bond motifs is 1. The molecule has 1 amide bonds. The molecule has 0 saturated heterocycles. The number of hydrogen-bond acceptors (Lipinski definition) is 7. The highest BCUT2D eigenvalue weighted by Gasteiger charge is 2.24. The van der Waals surface area contributed by atoms with Crippen LogP contribution in [0, 0.1) is 0 Å². The van der Waals surface area contributed by atoms with Crippen molar-refractivity contribution in [3.05, 3.63) is 105 Å². The maximum atomic E-state index is 13.2. The first-order valence-electron chi connectivity index (χ1n) is 12.4. The molecule has 2 aromatic heterocycles. The SMILES string of the molecule is COc1ccccc1-n1c(SCc2nc(C(=O)N3CCc4ccccc4C3)cs2)nnc1-c1ccccc1Cl. The van der Waals surface area contributed by atoms with Crippen LogP contribution in [0.1, 0.15) is 26.6 Å². The summed E-state index contributed by atoms with van der Waals surface area (Å²) in [6.45, 7) is 1.31. The fourth-order valence-corrected chi connectivity index (χ4v) is 6.60. The second-order valence-electron chi connectivity index (χ2n) is 8.95. The van der Waals surface area contributed by atoms with Gasteiger partial charge in [0.1, 0.15) is 16.5 Å². The van der Waals surface area contributed by atoms with E-state index in [4.69, 9.17) is 16.3 Å². The van der Waals surface area contributed by atoms with Gasteiger partial charge >= 0.3 is 0 Å². The summed E-state index contributed by atoms with van der Waals surface area (Å²) in [6, 6.07) is 23.6. The van der Waals surface area contributed by atoms with E-state index in [1.165, 1.54) is 34.2 Å². The molecule has 1 aliphatic heterocycles. The van der Waals surface area contributed by atoms with Crippen LogP contribution >= 0.6 is 34.7 Å². The van der Waals surface area contributed by atoms with Gasteiger partial charge in [0, 0.05) is 24.0 Å². The lowest BCUT2D eigenvalue weighted by Crippen LogP contribution is -2.36. The Morgan fingerprint density at radius 1 is 1.03 bits per heavy atom. The molecule has 0 aliphatic carbocycles. The number of para-hydroxylation sites is 2. The number of ether oxygens (including phenoxy) is 1. The van der Waals surface area contributed by atoms with E-state index in [2.05, 4.69) is 27.3 Å². The largest absolute Gasteiger partial charge is 0.495 e. The highest BCUT2D eigenvalue weighted by molar-refractivity contribution is 7.98. The average molecular weight is 574 g/mol. The smallest absolute Gasteiger partial charge is 0.273 e. The molecule has 5 aromatic rings. The molecule has 0 N–H and O–H groups in total. The van der Waals surface area contributed by atoms with E-state index in [0.29, 0.717) is 46.3 Å². The molecular formula is C29H24ClN5O2S2. The zero-order valence-corrected chi connectivity index (χ0v) is 23.5. The minimum Gasteiger partial charge on any atom is -0.495 e. The number of benzene rings is 3.